The van der Waals surface area contributed by atoms with Gasteiger partial charge in [0, 0.05) is 0 Å². The molecule has 0 bridgehead atoms. The Morgan fingerprint density at radius 1 is 0.180 bits per heavy atom. The van der Waals surface area contributed by atoms with Crippen molar-refractivity contribution in [3.63, 3.8) is 0 Å². The van der Waals surface area contributed by atoms with Crippen LogP contribution in [0.5, 0.6) is 0 Å². The molecule has 0 saturated heterocycles. The maximum atomic E-state index is 2.36. The van der Waals surface area contributed by atoms with Crippen molar-refractivity contribution in [3.05, 3.63) is 206 Å². The van der Waals surface area contributed by atoms with E-state index in [1.165, 1.54) is 88.3 Å². The minimum absolute atomic E-state index is 1.21. The third-order valence-corrected chi connectivity index (χ3v) is 9.89. The smallest absolute Gasteiger partial charge is 0.00201 e. The first-order chi connectivity index (χ1) is 24.8. The Morgan fingerprint density at radius 3 is 1.08 bits per heavy atom. The van der Waals surface area contributed by atoms with Crippen LogP contribution in [0.4, 0.5) is 0 Å². The Kier molecular flexibility index (Phi) is 7.61. The molecule has 0 aliphatic rings. The van der Waals surface area contributed by atoms with Crippen molar-refractivity contribution in [1.29, 1.82) is 0 Å². The molecule has 0 aliphatic carbocycles. The van der Waals surface area contributed by atoms with E-state index in [0.29, 0.717) is 0 Å². The molecule has 0 heteroatoms. The van der Waals surface area contributed by atoms with Crippen LogP contribution in [0.2, 0.25) is 0 Å². The third-order valence-electron chi connectivity index (χ3n) is 9.89. The van der Waals surface area contributed by atoms with Gasteiger partial charge >= 0.3 is 0 Å². The fraction of sp³-hybridized carbons (Fsp3) is 0. The van der Waals surface area contributed by atoms with Crippen molar-refractivity contribution in [2.75, 3.05) is 0 Å². The summed E-state index contributed by atoms with van der Waals surface area (Å²) < 4.78 is 0. The Labute approximate surface area is 293 Å². The predicted molar refractivity (Wildman–Crippen MR) is 214 cm³/mol. The van der Waals surface area contributed by atoms with E-state index in [1.807, 2.05) is 0 Å². The van der Waals surface area contributed by atoms with Crippen LogP contribution in [0, 0.1) is 0 Å². The second-order valence-electron chi connectivity index (χ2n) is 12.9. The summed E-state index contributed by atoms with van der Waals surface area (Å²) >= 11 is 0. The standard InChI is InChI=1S/C50H34/c1-3-15-35(16-4-1)37-29-31-38(32-30-37)43-23-7-8-24-44(43)50-47-27-11-9-25-45(47)49(46-26-10-12-28-48(46)50)42-22-14-21-41(34-42)40-20-13-19-39(33-40)36-17-5-2-6-18-36/h1-34H. The number of hydrogen-bond donors (Lipinski definition) is 0. The van der Waals surface area contributed by atoms with E-state index < -0.39 is 0 Å². The molecule has 50 heavy (non-hydrogen) atoms. The lowest BCUT2D eigenvalue weighted by molar-refractivity contribution is 1.58. The van der Waals surface area contributed by atoms with E-state index in [2.05, 4.69) is 206 Å². The Balaban J connectivity index is 1.21. The summed E-state index contributed by atoms with van der Waals surface area (Å²) in [5.41, 5.74) is 14.8. The Bertz CT molecular complexity index is 2560. The van der Waals surface area contributed by atoms with Gasteiger partial charge in [0.1, 0.15) is 0 Å². The molecule has 0 fully saturated rings. The van der Waals surface area contributed by atoms with Crippen molar-refractivity contribution in [1.82, 2.24) is 0 Å². The predicted octanol–water partition coefficient (Wildman–Crippen LogP) is 14.0. The number of rotatable bonds is 6. The van der Waals surface area contributed by atoms with Crippen molar-refractivity contribution >= 4 is 21.5 Å². The van der Waals surface area contributed by atoms with Crippen molar-refractivity contribution in [3.8, 4) is 66.8 Å². The lowest BCUT2D eigenvalue weighted by Crippen LogP contribution is -1.93. The summed E-state index contributed by atoms with van der Waals surface area (Å²) in [5, 5.41) is 5.02. The summed E-state index contributed by atoms with van der Waals surface area (Å²) in [5.74, 6) is 0. The SMILES string of the molecule is c1ccc(-c2ccc(-c3ccccc3-c3c4ccccc4c(-c4cccc(-c5cccc(-c6ccccc6)c5)c4)c4ccccc34)cc2)cc1. The fourth-order valence-electron chi connectivity index (χ4n) is 7.52. The summed E-state index contributed by atoms with van der Waals surface area (Å²) in [4.78, 5) is 0. The van der Waals surface area contributed by atoms with Crippen LogP contribution in [0.15, 0.2) is 206 Å². The molecule has 0 heterocycles. The van der Waals surface area contributed by atoms with Crippen molar-refractivity contribution < 1.29 is 0 Å². The quantitative estimate of drug-likeness (QED) is 0.160. The van der Waals surface area contributed by atoms with Crippen LogP contribution >= 0.6 is 0 Å². The molecule has 9 aromatic rings. The van der Waals surface area contributed by atoms with E-state index in [1.54, 1.807) is 0 Å². The van der Waals surface area contributed by atoms with E-state index in [0.717, 1.165) is 0 Å². The van der Waals surface area contributed by atoms with E-state index in [4.69, 9.17) is 0 Å². The molecule has 0 aromatic heterocycles. The first-order valence-corrected chi connectivity index (χ1v) is 17.3. The minimum atomic E-state index is 1.21. The zero-order chi connectivity index (χ0) is 33.3. The van der Waals surface area contributed by atoms with Crippen LogP contribution in [-0.2, 0) is 0 Å². The fourth-order valence-corrected chi connectivity index (χ4v) is 7.52. The van der Waals surface area contributed by atoms with E-state index in [-0.39, 0.29) is 0 Å². The first kappa shape index (κ1) is 29.6. The topological polar surface area (TPSA) is 0 Å². The molecule has 0 N–H and O–H groups in total. The zero-order valence-electron chi connectivity index (χ0n) is 27.6. The minimum Gasteiger partial charge on any atom is -0.0622 e. The largest absolute Gasteiger partial charge is 0.0622 e. The highest BCUT2D eigenvalue weighted by Gasteiger charge is 2.19. The molecule has 0 atom stereocenters. The molecule has 9 rings (SSSR count). The number of hydrogen-bond acceptors (Lipinski definition) is 0. The lowest BCUT2D eigenvalue weighted by Gasteiger charge is -2.20. The van der Waals surface area contributed by atoms with Gasteiger partial charge in [0.2, 0.25) is 0 Å². The molecule has 0 saturated carbocycles. The monoisotopic (exact) mass is 634 g/mol. The molecule has 0 nitrogen and oxygen atoms in total. The second kappa shape index (κ2) is 12.8. The van der Waals surface area contributed by atoms with Gasteiger partial charge < -0.3 is 0 Å². The maximum absolute atomic E-state index is 2.36. The first-order valence-electron chi connectivity index (χ1n) is 17.3. The van der Waals surface area contributed by atoms with Crippen LogP contribution in [0.1, 0.15) is 0 Å². The molecule has 9 aromatic carbocycles. The summed E-state index contributed by atoms with van der Waals surface area (Å²) in [7, 11) is 0. The number of fused-ring (bicyclic) bond motifs is 2. The van der Waals surface area contributed by atoms with Gasteiger partial charge in [0.25, 0.3) is 0 Å². The molecule has 0 aliphatic heterocycles. The van der Waals surface area contributed by atoms with Gasteiger partial charge in [-0.25, -0.2) is 0 Å². The van der Waals surface area contributed by atoms with Crippen LogP contribution in [0.25, 0.3) is 88.3 Å². The molecular weight excluding hydrogens is 601 g/mol. The van der Waals surface area contributed by atoms with Gasteiger partial charge in [-0.05, 0) is 100 Å². The molecule has 0 radical (unpaired) electrons. The summed E-state index contributed by atoms with van der Waals surface area (Å²) in [6, 6.07) is 74.9. The molecular formula is C50H34. The van der Waals surface area contributed by atoms with Crippen LogP contribution < -0.4 is 0 Å². The van der Waals surface area contributed by atoms with Crippen molar-refractivity contribution in [2.45, 2.75) is 0 Å². The molecule has 0 unspecified atom stereocenters. The molecule has 0 spiro atoms. The highest BCUT2D eigenvalue weighted by molar-refractivity contribution is 6.22. The normalized spacial score (nSPS) is 11.2. The van der Waals surface area contributed by atoms with Gasteiger partial charge in [-0.15, -0.1) is 0 Å². The highest BCUT2D eigenvalue weighted by Crippen LogP contribution is 2.46. The van der Waals surface area contributed by atoms with Gasteiger partial charge in [-0.2, -0.15) is 0 Å². The van der Waals surface area contributed by atoms with Crippen LogP contribution in [0.3, 0.4) is 0 Å². The average Bonchev–Trinajstić information content (AvgIpc) is 3.21. The van der Waals surface area contributed by atoms with E-state index >= 15 is 0 Å². The molecule has 0 amide bonds. The summed E-state index contributed by atoms with van der Waals surface area (Å²) in [6.45, 7) is 0. The highest BCUT2D eigenvalue weighted by atomic mass is 14.2. The Hall–Kier alpha value is -6.50. The van der Waals surface area contributed by atoms with Gasteiger partial charge in [0.15, 0.2) is 0 Å². The van der Waals surface area contributed by atoms with Crippen molar-refractivity contribution in [2.24, 2.45) is 0 Å². The Morgan fingerprint density at radius 2 is 0.520 bits per heavy atom. The van der Waals surface area contributed by atoms with Gasteiger partial charge in [-0.3, -0.25) is 0 Å². The second-order valence-corrected chi connectivity index (χ2v) is 12.9. The summed E-state index contributed by atoms with van der Waals surface area (Å²) in [6.07, 6.45) is 0. The third kappa shape index (κ3) is 5.38. The van der Waals surface area contributed by atoms with Crippen LogP contribution in [-0.4, -0.2) is 0 Å². The maximum Gasteiger partial charge on any atom is -0.00201 e. The zero-order valence-corrected chi connectivity index (χ0v) is 27.6. The molecule has 234 valence electrons. The van der Waals surface area contributed by atoms with Gasteiger partial charge in [-0.1, -0.05) is 194 Å². The lowest BCUT2D eigenvalue weighted by atomic mass is 9.83. The van der Waals surface area contributed by atoms with E-state index in [9.17, 15) is 0 Å². The number of benzene rings is 9. The van der Waals surface area contributed by atoms with Gasteiger partial charge in [0.05, 0.1) is 0 Å². The average molecular weight is 635 g/mol.